The predicted octanol–water partition coefficient (Wildman–Crippen LogP) is 3.68. The number of para-hydroxylation sites is 1. The number of carbonyl (C=O) groups is 1. The highest BCUT2D eigenvalue weighted by molar-refractivity contribution is 6.16. The van der Waals surface area contributed by atoms with Gasteiger partial charge in [-0.05, 0) is 30.2 Å². The highest BCUT2D eigenvalue weighted by Crippen LogP contribution is 2.25. The first-order valence-corrected chi connectivity index (χ1v) is 6.80. The SMILES string of the molecule is CCc1cccc2c(C(=O)c3ccc(F)c(N)c3)c[nH]c12. The van der Waals surface area contributed by atoms with Crippen molar-refractivity contribution in [3.05, 3.63) is 65.1 Å². The van der Waals surface area contributed by atoms with Gasteiger partial charge in [0.1, 0.15) is 5.82 Å². The van der Waals surface area contributed by atoms with Crippen molar-refractivity contribution in [1.29, 1.82) is 0 Å². The molecule has 3 rings (SSSR count). The number of nitrogen functional groups attached to an aromatic ring is 1. The minimum atomic E-state index is -0.515. The first kappa shape index (κ1) is 13.4. The van der Waals surface area contributed by atoms with Gasteiger partial charge < -0.3 is 10.7 Å². The summed E-state index contributed by atoms with van der Waals surface area (Å²) in [7, 11) is 0. The van der Waals surface area contributed by atoms with Crippen LogP contribution in [0.25, 0.3) is 10.9 Å². The number of ketones is 1. The molecular weight excluding hydrogens is 267 g/mol. The lowest BCUT2D eigenvalue weighted by Crippen LogP contribution is -2.02. The van der Waals surface area contributed by atoms with Gasteiger partial charge in [-0.2, -0.15) is 0 Å². The van der Waals surface area contributed by atoms with E-state index >= 15 is 0 Å². The summed E-state index contributed by atoms with van der Waals surface area (Å²) in [5, 5.41) is 0.877. The number of nitrogens with two attached hydrogens (primary N) is 1. The maximum Gasteiger partial charge on any atom is 0.195 e. The molecule has 2 aromatic carbocycles. The summed E-state index contributed by atoms with van der Waals surface area (Å²) in [4.78, 5) is 15.7. The van der Waals surface area contributed by atoms with Crippen LogP contribution in [-0.4, -0.2) is 10.8 Å². The first-order valence-electron chi connectivity index (χ1n) is 6.80. The van der Waals surface area contributed by atoms with Crippen LogP contribution in [0.5, 0.6) is 0 Å². The average molecular weight is 282 g/mol. The number of benzene rings is 2. The van der Waals surface area contributed by atoms with E-state index < -0.39 is 5.82 Å². The standard InChI is InChI=1S/C17H15FN2O/c1-2-10-4-3-5-12-13(9-20-16(10)12)17(21)11-6-7-14(18)15(19)8-11/h3-9,20H,2,19H2,1H3. The summed E-state index contributed by atoms with van der Waals surface area (Å²) in [6.45, 7) is 2.07. The molecule has 106 valence electrons. The smallest absolute Gasteiger partial charge is 0.195 e. The maximum atomic E-state index is 13.2. The topological polar surface area (TPSA) is 58.9 Å². The monoisotopic (exact) mass is 282 g/mol. The summed E-state index contributed by atoms with van der Waals surface area (Å²) in [6, 6.07) is 9.92. The number of hydrogen-bond donors (Lipinski definition) is 2. The van der Waals surface area contributed by atoms with E-state index in [-0.39, 0.29) is 11.5 Å². The Hall–Kier alpha value is -2.62. The van der Waals surface area contributed by atoms with Crippen molar-refractivity contribution in [2.24, 2.45) is 0 Å². The third-order valence-corrected chi connectivity index (χ3v) is 3.69. The van der Waals surface area contributed by atoms with E-state index in [2.05, 4.69) is 11.9 Å². The van der Waals surface area contributed by atoms with Gasteiger partial charge in [0.2, 0.25) is 0 Å². The molecule has 0 atom stereocenters. The number of hydrogen-bond acceptors (Lipinski definition) is 2. The van der Waals surface area contributed by atoms with E-state index in [4.69, 9.17) is 5.73 Å². The minimum Gasteiger partial charge on any atom is -0.396 e. The minimum absolute atomic E-state index is 0.0186. The zero-order valence-electron chi connectivity index (χ0n) is 11.6. The van der Waals surface area contributed by atoms with Crippen LogP contribution in [0.3, 0.4) is 0 Å². The Balaban J connectivity index is 2.11. The Labute approximate surface area is 121 Å². The van der Waals surface area contributed by atoms with Gasteiger partial charge >= 0.3 is 0 Å². The van der Waals surface area contributed by atoms with Crippen LogP contribution >= 0.6 is 0 Å². The van der Waals surface area contributed by atoms with Gasteiger partial charge in [0.05, 0.1) is 5.69 Å². The molecule has 0 fully saturated rings. The zero-order chi connectivity index (χ0) is 15.0. The Kier molecular flexibility index (Phi) is 3.22. The summed E-state index contributed by atoms with van der Waals surface area (Å²) >= 11 is 0. The number of carbonyl (C=O) groups excluding carboxylic acids is 1. The van der Waals surface area contributed by atoms with Gasteiger partial charge in [-0.15, -0.1) is 0 Å². The molecule has 0 bridgehead atoms. The summed E-state index contributed by atoms with van der Waals surface area (Å²) in [5.74, 6) is -0.681. The van der Waals surface area contributed by atoms with Crippen LogP contribution in [0.4, 0.5) is 10.1 Å². The maximum absolute atomic E-state index is 13.2. The van der Waals surface area contributed by atoms with Gasteiger partial charge in [0, 0.05) is 28.2 Å². The molecule has 3 N–H and O–H groups in total. The number of halogens is 1. The van der Waals surface area contributed by atoms with E-state index in [1.165, 1.54) is 18.2 Å². The summed E-state index contributed by atoms with van der Waals surface area (Å²) in [5.41, 5.74) is 8.61. The van der Waals surface area contributed by atoms with Gasteiger partial charge in [-0.25, -0.2) is 4.39 Å². The zero-order valence-corrected chi connectivity index (χ0v) is 11.6. The second-order valence-corrected chi connectivity index (χ2v) is 4.96. The third kappa shape index (κ3) is 2.18. The largest absolute Gasteiger partial charge is 0.396 e. The molecular formula is C17H15FN2O. The van der Waals surface area contributed by atoms with Crippen LogP contribution in [0.15, 0.2) is 42.6 Å². The van der Waals surface area contributed by atoms with Crippen molar-refractivity contribution >= 4 is 22.4 Å². The molecule has 1 aromatic heterocycles. The second-order valence-electron chi connectivity index (χ2n) is 4.96. The lowest BCUT2D eigenvalue weighted by atomic mass is 10.0. The molecule has 21 heavy (non-hydrogen) atoms. The van der Waals surface area contributed by atoms with Crippen molar-refractivity contribution < 1.29 is 9.18 Å². The van der Waals surface area contributed by atoms with E-state index in [0.717, 1.165) is 22.9 Å². The number of aromatic nitrogens is 1. The summed E-state index contributed by atoms with van der Waals surface area (Å²) in [6.07, 6.45) is 2.58. The van der Waals surface area contributed by atoms with Crippen LogP contribution < -0.4 is 5.73 Å². The third-order valence-electron chi connectivity index (χ3n) is 3.69. The molecule has 0 aliphatic heterocycles. The van der Waals surface area contributed by atoms with Crippen molar-refractivity contribution in [3.8, 4) is 0 Å². The van der Waals surface area contributed by atoms with Crippen molar-refractivity contribution in [1.82, 2.24) is 4.98 Å². The number of fused-ring (bicyclic) bond motifs is 1. The molecule has 0 spiro atoms. The van der Waals surface area contributed by atoms with Crippen molar-refractivity contribution in [3.63, 3.8) is 0 Å². The lowest BCUT2D eigenvalue weighted by molar-refractivity contribution is 0.104. The predicted molar refractivity (Wildman–Crippen MR) is 81.9 cm³/mol. The van der Waals surface area contributed by atoms with E-state index in [1.54, 1.807) is 6.20 Å². The number of H-pyrrole nitrogens is 1. The van der Waals surface area contributed by atoms with Crippen molar-refractivity contribution in [2.75, 3.05) is 5.73 Å². The molecule has 0 saturated heterocycles. The molecule has 0 amide bonds. The lowest BCUT2D eigenvalue weighted by Gasteiger charge is -2.03. The number of rotatable bonds is 3. The average Bonchev–Trinajstić information content (AvgIpc) is 2.93. The Bertz CT molecular complexity index is 836. The van der Waals surface area contributed by atoms with E-state index in [0.29, 0.717) is 11.1 Å². The van der Waals surface area contributed by atoms with Crippen LogP contribution in [0, 0.1) is 5.82 Å². The fraction of sp³-hybridized carbons (Fsp3) is 0.118. The molecule has 0 unspecified atom stereocenters. The number of nitrogens with one attached hydrogen (secondary N) is 1. The van der Waals surface area contributed by atoms with Crippen molar-refractivity contribution in [2.45, 2.75) is 13.3 Å². The van der Waals surface area contributed by atoms with Gasteiger partial charge in [-0.1, -0.05) is 25.1 Å². The molecule has 1 heterocycles. The van der Waals surface area contributed by atoms with E-state index in [9.17, 15) is 9.18 Å². The Morgan fingerprint density at radius 1 is 1.29 bits per heavy atom. The molecule has 4 heteroatoms. The van der Waals surface area contributed by atoms with Crippen LogP contribution in [0.2, 0.25) is 0 Å². The van der Waals surface area contributed by atoms with E-state index in [1.807, 2.05) is 18.2 Å². The van der Waals surface area contributed by atoms with Gasteiger partial charge in [0.25, 0.3) is 0 Å². The fourth-order valence-corrected chi connectivity index (χ4v) is 2.54. The summed E-state index contributed by atoms with van der Waals surface area (Å²) < 4.78 is 13.2. The normalized spacial score (nSPS) is 11.0. The molecule has 0 radical (unpaired) electrons. The molecule has 0 aliphatic rings. The molecule has 0 saturated carbocycles. The fourth-order valence-electron chi connectivity index (χ4n) is 2.54. The quantitative estimate of drug-likeness (QED) is 0.568. The number of aromatic amines is 1. The Morgan fingerprint density at radius 3 is 2.81 bits per heavy atom. The first-order chi connectivity index (χ1) is 10.1. The molecule has 3 nitrogen and oxygen atoms in total. The highest BCUT2D eigenvalue weighted by atomic mass is 19.1. The Morgan fingerprint density at radius 2 is 2.10 bits per heavy atom. The molecule has 0 aliphatic carbocycles. The van der Waals surface area contributed by atoms with Crippen LogP contribution in [0.1, 0.15) is 28.4 Å². The highest BCUT2D eigenvalue weighted by Gasteiger charge is 2.16. The second kappa shape index (κ2) is 5.05. The molecule has 3 aromatic rings. The van der Waals surface area contributed by atoms with Crippen LogP contribution in [-0.2, 0) is 6.42 Å². The van der Waals surface area contributed by atoms with Gasteiger partial charge in [-0.3, -0.25) is 4.79 Å². The number of anilines is 1. The number of aryl methyl sites for hydroxylation is 1. The van der Waals surface area contributed by atoms with Gasteiger partial charge in [0.15, 0.2) is 5.78 Å².